The Morgan fingerprint density at radius 1 is 1.13 bits per heavy atom. The van der Waals surface area contributed by atoms with E-state index in [4.69, 9.17) is 5.26 Å². The Bertz CT molecular complexity index is 1640. The number of nitriles is 1. The number of nitrogens with zero attached hydrogens (tertiary/aromatic N) is 6. The molecule has 0 spiro atoms. The average Bonchev–Trinajstić information content (AvgIpc) is 3.44. The average molecular weight is 535 g/mol. The fourth-order valence-corrected chi connectivity index (χ4v) is 4.85. The summed E-state index contributed by atoms with van der Waals surface area (Å²) in [6.45, 7) is 1.34. The Kier molecular flexibility index (Phi) is 6.64. The second kappa shape index (κ2) is 9.94. The van der Waals surface area contributed by atoms with Gasteiger partial charge in [0.1, 0.15) is 6.54 Å². The number of carbonyl (C=O) groups is 1. The summed E-state index contributed by atoms with van der Waals surface area (Å²) in [5.41, 5.74) is 0.769. The number of hydrogen-bond acceptors (Lipinski definition) is 4. The van der Waals surface area contributed by atoms with Gasteiger partial charge in [-0.2, -0.15) is 23.5 Å². The van der Waals surface area contributed by atoms with Crippen molar-refractivity contribution in [2.75, 3.05) is 7.05 Å². The molecular formula is C28H25F3N6O2. The lowest BCUT2D eigenvalue weighted by molar-refractivity contribution is -0.137. The third kappa shape index (κ3) is 4.74. The van der Waals surface area contributed by atoms with Crippen LogP contribution in [0.4, 0.5) is 13.2 Å². The largest absolute Gasteiger partial charge is 0.416 e. The molecule has 0 aliphatic heterocycles. The number of carbonyl (C=O) groups excluding carboxylic acids is 1. The normalized spacial score (nSPS) is 13.6. The second-order valence-corrected chi connectivity index (χ2v) is 9.56. The molecule has 39 heavy (non-hydrogen) atoms. The number of halogens is 3. The molecule has 0 N–H and O–H groups in total. The Balaban J connectivity index is 1.68. The zero-order chi connectivity index (χ0) is 27.9. The summed E-state index contributed by atoms with van der Waals surface area (Å²) in [4.78, 5) is 28.7. The van der Waals surface area contributed by atoms with Gasteiger partial charge in [-0.05, 0) is 74.7 Å². The smallest absolute Gasteiger partial charge is 0.341 e. The van der Waals surface area contributed by atoms with Crippen molar-refractivity contribution in [2.24, 2.45) is 0 Å². The van der Waals surface area contributed by atoms with Gasteiger partial charge in [0.15, 0.2) is 0 Å². The zero-order valence-electron chi connectivity index (χ0n) is 21.3. The standard InChI is InChI=1S/C28H25F3N6O2/c1-18-26(24-13-14-33-37(24)22-11-9-19(16-32)10-12-22)35(17-25(38)34(2)21-6-4-7-21)27(39)36(18)23-8-3-5-20(15-23)28(29,30)31/h3,5,8-15,21H,4,6-7,17H2,1-2H3. The number of alkyl halides is 3. The lowest BCUT2D eigenvalue weighted by atomic mass is 9.92. The minimum atomic E-state index is -4.59. The van der Waals surface area contributed by atoms with Gasteiger partial charge in [-0.15, -0.1) is 0 Å². The molecule has 0 saturated heterocycles. The molecule has 5 rings (SSSR count). The maximum atomic E-state index is 13.8. The van der Waals surface area contributed by atoms with Crippen LogP contribution >= 0.6 is 0 Å². The van der Waals surface area contributed by atoms with Crippen molar-refractivity contribution >= 4 is 5.91 Å². The molecule has 1 fully saturated rings. The molecule has 0 bridgehead atoms. The first-order valence-corrected chi connectivity index (χ1v) is 12.4. The Hall–Kier alpha value is -4.59. The second-order valence-electron chi connectivity index (χ2n) is 9.56. The van der Waals surface area contributed by atoms with Crippen molar-refractivity contribution in [3.63, 3.8) is 0 Å². The number of hydrogen-bond donors (Lipinski definition) is 0. The molecule has 1 aliphatic carbocycles. The van der Waals surface area contributed by atoms with Crippen molar-refractivity contribution in [3.05, 3.63) is 88.1 Å². The van der Waals surface area contributed by atoms with E-state index >= 15 is 0 Å². The van der Waals surface area contributed by atoms with E-state index < -0.39 is 17.4 Å². The highest BCUT2D eigenvalue weighted by molar-refractivity contribution is 5.77. The van der Waals surface area contributed by atoms with E-state index in [-0.39, 0.29) is 24.2 Å². The molecule has 2 aromatic heterocycles. The van der Waals surface area contributed by atoms with E-state index in [0.717, 1.165) is 31.4 Å². The summed E-state index contributed by atoms with van der Waals surface area (Å²) >= 11 is 0. The molecule has 1 amide bonds. The SMILES string of the molecule is Cc1c(-c2ccnn2-c2ccc(C#N)cc2)n(CC(=O)N(C)C2CCC2)c(=O)n1-c1cccc(C(F)(F)F)c1. The van der Waals surface area contributed by atoms with E-state index in [1.54, 1.807) is 53.9 Å². The van der Waals surface area contributed by atoms with Crippen LogP contribution in [0.2, 0.25) is 0 Å². The first-order valence-electron chi connectivity index (χ1n) is 12.4. The molecule has 0 unspecified atom stereocenters. The fourth-order valence-electron chi connectivity index (χ4n) is 4.85. The number of rotatable bonds is 6. The first kappa shape index (κ1) is 26.0. The van der Waals surface area contributed by atoms with E-state index in [1.807, 2.05) is 0 Å². The molecule has 2 heterocycles. The molecule has 1 aliphatic rings. The summed E-state index contributed by atoms with van der Waals surface area (Å²) in [6.07, 6.45) is -0.248. The first-order chi connectivity index (χ1) is 18.6. The quantitative estimate of drug-likeness (QED) is 0.359. The van der Waals surface area contributed by atoms with Gasteiger partial charge in [0.2, 0.25) is 5.91 Å². The molecule has 0 atom stereocenters. The Morgan fingerprint density at radius 2 is 1.85 bits per heavy atom. The maximum Gasteiger partial charge on any atom is 0.416 e. The molecule has 2 aromatic carbocycles. The van der Waals surface area contributed by atoms with Crippen LogP contribution in [-0.2, 0) is 17.5 Å². The summed E-state index contributed by atoms with van der Waals surface area (Å²) < 4.78 is 44.5. The lowest BCUT2D eigenvalue weighted by Gasteiger charge is -2.34. The van der Waals surface area contributed by atoms with Crippen LogP contribution in [0.15, 0.2) is 65.6 Å². The number of imidazole rings is 1. The number of likely N-dealkylation sites (N-methyl/N-ethyl adjacent to an activating group) is 1. The molecular weight excluding hydrogens is 509 g/mol. The third-order valence-corrected chi connectivity index (χ3v) is 7.24. The Labute approximate surface area is 222 Å². The summed E-state index contributed by atoms with van der Waals surface area (Å²) in [6, 6.07) is 15.0. The molecule has 11 heteroatoms. The number of amides is 1. The minimum absolute atomic E-state index is 0.0385. The molecule has 1 saturated carbocycles. The van der Waals surface area contributed by atoms with E-state index in [1.165, 1.54) is 27.5 Å². The van der Waals surface area contributed by atoms with Gasteiger partial charge in [-0.25, -0.2) is 9.48 Å². The van der Waals surface area contributed by atoms with Crippen LogP contribution < -0.4 is 5.69 Å². The van der Waals surface area contributed by atoms with Crippen LogP contribution in [0, 0.1) is 18.3 Å². The van der Waals surface area contributed by atoms with Gasteiger partial charge >= 0.3 is 11.9 Å². The van der Waals surface area contributed by atoms with Gasteiger partial charge in [-0.3, -0.25) is 13.9 Å². The van der Waals surface area contributed by atoms with Crippen LogP contribution in [-0.4, -0.2) is 42.8 Å². The van der Waals surface area contributed by atoms with Gasteiger partial charge in [0, 0.05) is 13.1 Å². The maximum absolute atomic E-state index is 13.8. The van der Waals surface area contributed by atoms with Gasteiger partial charge in [-0.1, -0.05) is 6.07 Å². The van der Waals surface area contributed by atoms with Crippen LogP contribution in [0.1, 0.15) is 36.1 Å². The van der Waals surface area contributed by atoms with E-state index in [9.17, 15) is 22.8 Å². The van der Waals surface area contributed by atoms with Crippen molar-refractivity contribution in [2.45, 2.75) is 44.9 Å². The van der Waals surface area contributed by atoms with Crippen LogP contribution in [0.3, 0.4) is 0 Å². The molecule has 0 radical (unpaired) electrons. The fraction of sp³-hybridized carbons (Fsp3) is 0.286. The highest BCUT2D eigenvalue weighted by Crippen LogP contribution is 2.32. The van der Waals surface area contributed by atoms with Gasteiger partial charge < -0.3 is 4.90 Å². The molecule has 8 nitrogen and oxygen atoms in total. The topological polar surface area (TPSA) is 88.8 Å². The van der Waals surface area contributed by atoms with Crippen LogP contribution in [0.5, 0.6) is 0 Å². The number of benzene rings is 2. The van der Waals surface area contributed by atoms with Crippen molar-refractivity contribution in [1.82, 2.24) is 23.8 Å². The van der Waals surface area contributed by atoms with Crippen molar-refractivity contribution in [1.29, 1.82) is 5.26 Å². The zero-order valence-corrected chi connectivity index (χ0v) is 21.3. The highest BCUT2D eigenvalue weighted by Gasteiger charge is 2.32. The lowest BCUT2D eigenvalue weighted by Crippen LogP contribution is -2.44. The summed E-state index contributed by atoms with van der Waals surface area (Å²) in [7, 11) is 1.70. The Morgan fingerprint density at radius 3 is 2.46 bits per heavy atom. The van der Waals surface area contributed by atoms with Crippen LogP contribution in [0.25, 0.3) is 22.8 Å². The van der Waals surface area contributed by atoms with Crippen molar-refractivity contribution < 1.29 is 18.0 Å². The summed E-state index contributed by atoms with van der Waals surface area (Å²) in [5.74, 6) is -0.270. The predicted octanol–water partition coefficient (Wildman–Crippen LogP) is 4.70. The third-order valence-electron chi connectivity index (χ3n) is 7.24. The van der Waals surface area contributed by atoms with Gasteiger partial charge in [0.05, 0.1) is 51.8 Å². The minimum Gasteiger partial charge on any atom is -0.341 e. The monoisotopic (exact) mass is 534 g/mol. The summed E-state index contributed by atoms with van der Waals surface area (Å²) in [5, 5.41) is 13.5. The van der Waals surface area contributed by atoms with E-state index in [0.29, 0.717) is 28.3 Å². The predicted molar refractivity (Wildman–Crippen MR) is 137 cm³/mol. The molecule has 4 aromatic rings. The number of aromatic nitrogens is 4. The van der Waals surface area contributed by atoms with Crippen molar-refractivity contribution in [3.8, 4) is 28.8 Å². The highest BCUT2D eigenvalue weighted by atomic mass is 19.4. The molecule has 200 valence electrons. The van der Waals surface area contributed by atoms with Gasteiger partial charge in [0.25, 0.3) is 0 Å². The van der Waals surface area contributed by atoms with E-state index in [2.05, 4.69) is 11.2 Å².